The number of rotatable bonds is 9. The van der Waals surface area contributed by atoms with Gasteiger partial charge in [0.15, 0.2) is 6.10 Å². The van der Waals surface area contributed by atoms with E-state index >= 15 is 0 Å². The summed E-state index contributed by atoms with van der Waals surface area (Å²) < 4.78 is 16.1. The fourth-order valence-electron chi connectivity index (χ4n) is 2.71. The van der Waals surface area contributed by atoms with E-state index in [-0.39, 0.29) is 6.42 Å². The van der Waals surface area contributed by atoms with Gasteiger partial charge in [-0.2, -0.15) is 0 Å². The van der Waals surface area contributed by atoms with E-state index < -0.39 is 18.0 Å². The highest BCUT2D eigenvalue weighted by Crippen LogP contribution is 2.25. The second-order valence-electron chi connectivity index (χ2n) is 6.37. The van der Waals surface area contributed by atoms with Crippen molar-refractivity contribution < 1.29 is 23.8 Å². The summed E-state index contributed by atoms with van der Waals surface area (Å²) in [7, 11) is 1.53. The summed E-state index contributed by atoms with van der Waals surface area (Å²) in [4.78, 5) is 24.5. The SMILES string of the molecule is CCOc1ccccc1CCC(=O)O[C@H](C)C(=O)Nc1cc(C)ccc1OC. The Labute approximate surface area is 165 Å². The minimum atomic E-state index is -0.917. The molecule has 1 amide bonds. The Balaban J connectivity index is 1.90. The van der Waals surface area contributed by atoms with Gasteiger partial charge in [0.2, 0.25) is 0 Å². The number of nitrogens with one attached hydrogen (secondary N) is 1. The lowest BCUT2D eigenvalue weighted by Gasteiger charge is -2.16. The van der Waals surface area contributed by atoms with E-state index in [1.807, 2.05) is 44.2 Å². The van der Waals surface area contributed by atoms with E-state index in [4.69, 9.17) is 14.2 Å². The van der Waals surface area contributed by atoms with Gasteiger partial charge in [0.25, 0.3) is 5.91 Å². The van der Waals surface area contributed by atoms with Gasteiger partial charge in [-0.1, -0.05) is 24.3 Å². The maximum Gasteiger partial charge on any atom is 0.306 e. The third-order valence-electron chi connectivity index (χ3n) is 4.16. The van der Waals surface area contributed by atoms with Crippen molar-refractivity contribution in [2.75, 3.05) is 19.0 Å². The smallest absolute Gasteiger partial charge is 0.306 e. The quantitative estimate of drug-likeness (QED) is 0.663. The lowest BCUT2D eigenvalue weighted by molar-refractivity contribution is -0.153. The van der Waals surface area contributed by atoms with Crippen LogP contribution < -0.4 is 14.8 Å². The van der Waals surface area contributed by atoms with Crippen molar-refractivity contribution in [1.29, 1.82) is 0 Å². The van der Waals surface area contributed by atoms with Crippen LogP contribution in [0.1, 0.15) is 31.4 Å². The standard InChI is InChI=1S/C22H27NO5/c1-5-27-19-9-7-6-8-17(19)11-13-21(24)28-16(3)22(25)23-18-14-15(2)10-12-20(18)26-4/h6-10,12,14,16H,5,11,13H2,1-4H3,(H,23,25)/t16-/m1/s1. The summed E-state index contributed by atoms with van der Waals surface area (Å²) in [5.74, 6) is 0.456. The summed E-state index contributed by atoms with van der Waals surface area (Å²) in [6, 6.07) is 13.0. The minimum Gasteiger partial charge on any atom is -0.495 e. The number of benzene rings is 2. The second-order valence-corrected chi connectivity index (χ2v) is 6.37. The van der Waals surface area contributed by atoms with Crippen LogP contribution >= 0.6 is 0 Å². The summed E-state index contributed by atoms with van der Waals surface area (Å²) in [6.45, 7) is 5.93. The number of amides is 1. The molecule has 0 unspecified atom stereocenters. The Hall–Kier alpha value is -3.02. The normalized spacial score (nSPS) is 11.4. The van der Waals surface area contributed by atoms with E-state index in [9.17, 15) is 9.59 Å². The number of hydrogen-bond donors (Lipinski definition) is 1. The molecule has 0 saturated carbocycles. The fourth-order valence-corrected chi connectivity index (χ4v) is 2.71. The van der Waals surface area contributed by atoms with Gasteiger partial charge in [-0.15, -0.1) is 0 Å². The van der Waals surface area contributed by atoms with Gasteiger partial charge in [0.05, 0.1) is 19.4 Å². The zero-order valence-electron chi connectivity index (χ0n) is 16.8. The van der Waals surface area contributed by atoms with Crippen molar-refractivity contribution in [2.45, 2.75) is 39.7 Å². The number of anilines is 1. The molecule has 6 heteroatoms. The van der Waals surface area contributed by atoms with E-state index in [1.54, 1.807) is 19.1 Å². The Morgan fingerprint density at radius 3 is 2.57 bits per heavy atom. The summed E-state index contributed by atoms with van der Waals surface area (Å²) >= 11 is 0. The van der Waals surface area contributed by atoms with Gasteiger partial charge in [0, 0.05) is 6.42 Å². The minimum absolute atomic E-state index is 0.162. The monoisotopic (exact) mass is 385 g/mol. The molecule has 2 aromatic rings. The van der Waals surface area contributed by atoms with Crippen LogP contribution in [-0.2, 0) is 20.7 Å². The number of ether oxygens (including phenoxy) is 3. The zero-order valence-corrected chi connectivity index (χ0v) is 16.8. The van der Waals surface area contributed by atoms with Crippen LogP contribution in [0.25, 0.3) is 0 Å². The molecule has 0 aromatic heterocycles. The highest BCUT2D eigenvalue weighted by atomic mass is 16.5. The molecular weight excluding hydrogens is 358 g/mol. The van der Waals surface area contributed by atoms with Crippen molar-refractivity contribution in [3.05, 3.63) is 53.6 Å². The number of aryl methyl sites for hydroxylation is 2. The Morgan fingerprint density at radius 1 is 1.11 bits per heavy atom. The Bertz CT molecular complexity index is 818. The molecule has 150 valence electrons. The van der Waals surface area contributed by atoms with Gasteiger partial charge in [0.1, 0.15) is 11.5 Å². The average molecular weight is 385 g/mol. The number of hydrogen-bond acceptors (Lipinski definition) is 5. The van der Waals surface area contributed by atoms with E-state index in [0.717, 1.165) is 16.9 Å². The van der Waals surface area contributed by atoms with Gasteiger partial charge < -0.3 is 19.5 Å². The first-order valence-corrected chi connectivity index (χ1v) is 9.30. The molecule has 0 heterocycles. The molecule has 0 aliphatic heterocycles. The van der Waals surface area contributed by atoms with Crippen LogP contribution in [0.3, 0.4) is 0 Å². The van der Waals surface area contributed by atoms with Crippen LogP contribution in [-0.4, -0.2) is 31.7 Å². The molecule has 2 aromatic carbocycles. The molecule has 1 N–H and O–H groups in total. The summed E-state index contributed by atoms with van der Waals surface area (Å²) in [6.07, 6.45) is -0.273. The molecule has 0 bridgehead atoms. The van der Waals surface area contributed by atoms with Gasteiger partial charge in [-0.05, 0) is 56.5 Å². The summed E-state index contributed by atoms with van der Waals surface area (Å²) in [5, 5.41) is 2.75. The molecule has 0 aliphatic rings. The molecule has 0 spiro atoms. The maximum atomic E-state index is 12.4. The molecule has 0 aliphatic carbocycles. The molecule has 6 nitrogen and oxygen atoms in total. The number of carbonyl (C=O) groups excluding carboxylic acids is 2. The lowest BCUT2D eigenvalue weighted by Crippen LogP contribution is -2.30. The number of esters is 1. The van der Waals surface area contributed by atoms with Crippen molar-refractivity contribution in [1.82, 2.24) is 0 Å². The first-order valence-electron chi connectivity index (χ1n) is 9.30. The summed E-state index contributed by atoms with van der Waals surface area (Å²) in [5.41, 5.74) is 2.46. The molecule has 0 saturated heterocycles. The molecular formula is C22H27NO5. The highest BCUT2D eigenvalue weighted by molar-refractivity contribution is 5.96. The van der Waals surface area contributed by atoms with Crippen molar-refractivity contribution in [2.24, 2.45) is 0 Å². The van der Waals surface area contributed by atoms with Crippen LogP contribution in [0.15, 0.2) is 42.5 Å². The van der Waals surface area contributed by atoms with E-state index in [1.165, 1.54) is 7.11 Å². The Morgan fingerprint density at radius 2 is 1.86 bits per heavy atom. The Kier molecular flexibility index (Phi) is 7.87. The van der Waals surface area contributed by atoms with Gasteiger partial charge >= 0.3 is 5.97 Å². The maximum absolute atomic E-state index is 12.4. The first-order chi connectivity index (χ1) is 13.4. The van der Waals surface area contributed by atoms with Crippen LogP contribution in [0.4, 0.5) is 5.69 Å². The molecule has 1 atom stereocenters. The van der Waals surface area contributed by atoms with Crippen LogP contribution in [0, 0.1) is 6.92 Å². The predicted octanol–water partition coefficient (Wildman–Crippen LogP) is 3.91. The highest BCUT2D eigenvalue weighted by Gasteiger charge is 2.19. The molecule has 0 fully saturated rings. The predicted molar refractivity (Wildman–Crippen MR) is 108 cm³/mol. The number of para-hydroxylation sites is 1. The van der Waals surface area contributed by atoms with E-state index in [2.05, 4.69) is 5.32 Å². The van der Waals surface area contributed by atoms with E-state index in [0.29, 0.717) is 24.5 Å². The number of carbonyl (C=O) groups is 2. The molecule has 28 heavy (non-hydrogen) atoms. The van der Waals surface area contributed by atoms with Gasteiger partial charge in [-0.25, -0.2) is 0 Å². The van der Waals surface area contributed by atoms with Gasteiger partial charge in [-0.3, -0.25) is 9.59 Å². The van der Waals surface area contributed by atoms with Crippen LogP contribution in [0.2, 0.25) is 0 Å². The average Bonchev–Trinajstić information content (AvgIpc) is 2.67. The van der Waals surface area contributed by atoms with Crippen molar-refractivity contribution >= 4 is 17.6 Å². The topological polar surface area (TPSA) is 73.9 Å². The molecule has 0 radical (unpaired) electrons. The fraction of sp³-hybridized carbons (Fsp3) is 0.364. The first kappa shape index (κ1) is 21.3. The van der Waals surface area contributed by atoms with Crippen molar-refractivity contribution in [3.63, 3.8) is 0 Å². The third kappa shape index (κ3) is 6.01. The second kappa shape index (κ2) is 10.3. The largest absolute Gasteiger partial charge is 0.495 e. The van der Waals surface area contributed by atoms with Crippen molar-refractivity contribution in [3.8, 4) is 11.5 Å². The zero-order chi connectivity index (χ0) is 20.5. The van der Waals surface area contributed by atoms with Crippen LogP contribution in [0.5, 0.6) is 11.5 Å². The third-order valence-corrected chi connectivity index (χ3v) is 4.16. The number of methoxy groups -OCH3 is 1. The molecule has 2 rings (SSSR count). The lowest BCUT2D eigenvalue weighted by atomic mass is 10.1.